The van der Waals surface area contributed by atoms with E-state index in [1.165, 1.54) is 12.1 Å². The summed E-state index contributed by atoms with van der Waals surface area (Å²) in [5.41, 5.74) is 4.26. The van der Waals surface area contributed by atoms with Gasteiger partial charge in [0.25, 0.3) is 0 Å². The smallest absolute Gasteiger partial charge is 0.227 e. The third kappa shape index (κ3) is 3.45. The molecule has 1 aliphatic rings. The zero-order valence-electron chi connectivity index (χ0n) is 15.6. The summed E-state index contributed by atoms with van der Waals surface area (Å²) < 4.78 is 15.4. The number of aromatic nitrogens is 2. The first-order valence-corrected chi connectivity index (χ1v) is 9.27. The molecular formula is C21H23FN4O. The molecule has 140 valence electrons. The fourth-order valence-electron chi connectivity index (χ4n) is 3.69. The van der Waals surface area contributed by atoms with Crippen molar-refractivity contribution < 1.29 is 9.18 Å². The number of aryl methyl sites for hydroxylation is 2. The summed E-state index contributed by atoms with van der Waals surface area (Å²) in [4.78, 5) is 17.1. The molecule has 1 saturated heterocycles. The van der Waals surface area contributed by atoms with Gasteiger partial charge in [-0.15, -0.1) is 0 Å². The van der Waals surface area contributed by atoms with Crippen LogP contribution in [0.3, 0.4) is 0 Å². The van der Waals surface area contributed by atoms with E-state index < -0.39 is 0 Å². The van der Waals surface area contributed by atoms with Crippen molar-refractivity contribution in [2.45, 2.75) is 19.8 Å². The molecule has 1 aromatic heterocycles. The molecule has 4 rings (SSSR count). The maximum absolute atomic E-state index is 13.5. The van der Waals surface area contributed by atoms with E-state index in [1.54, 1.807) is 6.07 Å². The van der Waals surface area contributed by atoms with Gasteiger partial charge < -0.3 is 15.2 Å². The molecule has 1 aliphatic heterocycles. The molecule has 0 radical (unpaired) electrons. The maximum atomic E-state index is 13.5. The lowest BCUT2D eigenvalue weighted by molar-refractivity contribution is -0.120. The Morgan fingerprint density at radius 1 is 1.22 bits per heavy atom. The zero-order chi connectivity index (χ0) is 19.0. The Labute approximate surface area is 157 Å². The summed E-state index contributed by atoms with van der Waals surface area (Å²) >= 11 is 0. The number of nitrogens with zero attached hydrogens (tertiary/aromatic N) is 2. The van der Waals surface area contributed by atoms with E-state index in [-0.39, 0.29) is 17.6 Å². The number of rotatable bonds is 3. The fourth-order valence-corrected chi connectivity index (χ4v) is 3.69. The number of hydrogen-bond acceptors (Lipinski definition) is 3. The van der Waals surface area contributed by atoms with Crippen molar-refractivity contribution in [2.75, 3.05) is 18.4 Å². The van der Waals surface area contributed by atoms with Gasteiger partial charge in [-0.2, -0.15) is 0 Å². The molecule has 0 unspecified atom stereocenters. The highest BCUT2D eigenvalue weighted by Gasteiger charge is 2.21. The van der Waals surface area contributed by atoms with Crippen LogP contribution in [0.1, 0.15) is 18.4 Å². The number of nitrogens with one attached hydrogen (secondary N) is 2. The molecule has 3 aromatic rings. The highest BCUT2D eigenvalue weighted by Crippen LogP contribution is 2.28. The van der Waals surface area contributed by atoms with Crippen LogP contribution in [-0.4, -0.2) is 28.5 Å². The fraction of sp³-hybridized carbons (Fsp3) is 0.333. The predicted molar refractivity (Wildman–Crippen MR) is 105 cm³/mol. The molecule has 0 bridgehead atoms. The Balaban J connectivity index is 1.60. The maximum Gasteiger partial charge on any atom is 0.227 e. The first-order chi connectivity index (χ1) is 13.0. The van der Waals surface area contributed by atoms with Gasteiger partial charge in [0.05, 0.1) is 11.0 Å². The minimum absolute atomic E-state index is 0.0695. The van der Waals surface area contributed by atoms with Crippen molar-refractivity contribution in [2.24, 2.45) is 13.0 Å². The van der Waals surface area contributed by atoms with Crippen LogP contribution in [-0.2, 0) is 11.8 Å². The van der Waals surface area contributed by atoms with Crippen LogP contribution < -0.4 is 10.6 Å². The monoisotopic (exact) mass is 366 g/mol. The highest BCUT2D eigenvalue weighted by atomic mass is 19.1. The number of amides is 1. The molecule has 5 nitrogen and oxygen atoms in total. The van der Waals surface area contributed by atoms with E-state index in [1.807, 2.05) is 36.7 Å². The summed E-state index contributed by atoms with van der Waals surface area (Å²) in [5.74, 6) is 0.639. The molecule has 2 heterocycles. The van der Waals surface area contributed by atoms with Crippen molar-refractivity contribution in [3.8, 4) is 11.4 Å². The van der Waals surface area contributed by atoms with Crippen molar-refractivity contribution >= 4 is 22.6 Å². The number of hydrogen-bond donors (Lipinski definition) is 2. The number of imidazole rings is 1. The van der Waals surface area contributed by atoms with Crippen molar-refractivity contribution in [1.82, 2.24) is 14.9 Å². The van der Waals surface area contributed by atoms with Gasteiger partial charge in [0, 0.05) is 30.3 Å². The molecule has 0 saturated carbocycles. The quantitative estimate of drug-likeness (QED) is 0.744. The van der Waals surface area contributed by atoms with E-state index in [9.17, 15) is 9.18 Å². The minimum atomic E-state index is -0.292. The summed E-state index contributed by atoms with van der Waals surface area (Å²) in [7, 11) is 1.92. The number of piperidine rings is 1. The first-order valence-electron chi connectivity index (χ1n) is 9.27. The SMILES string of the molecule is Cc1cc(-c2nc3cc(F)ccc3n2C)ccc1NC(=O)C1CCNCC1. The van der Waals surface area contributed by atoms with Crippen LogP contribution in [0.5, 0.6) is 0 Å². The summed E-state index contributed by atoms with van der Waals surface area (Å²) in [6, 6.07) is 10.5. The standard InChI is InChI=1S/C21H23FN4O/c1-13-11-15(20-24-18-12-16(22)4-6-19(18)26(20)2)3-5-17(13)25-21(27)14-7-9-23-10-8-14/h3-6,11-12,14,23H,7-10H2,1-2H3,(H,25,27). The van der Waals surface area contributed by atoms with Crippen LogP contribution in [0.4, 0.5) is 10.1 Å². The highest BCUT2D eigenvalue weighted by molar-refractivity contribution is 5.93. The second kappa shape index (κ2) is 7.12. The number of carbonyl (C=O) groups is 1. The Morgan fingerprint density at radius 3 is 2.74 bits per heavy atom. The zero-order valence-corrected chi connectivity index (χ0v) is 15.6. The second-order valence-corrected chi connectivity index (χ2v) is 7.17. The van der Waals surface area contributed by atoms with Crippen LogP contribution in [0, 0.1) is 18.7 Å². The van der Waals surface area contributed by atoms with E-state index in [0.717, 1.165) is 54.1 Å². The van der Waals surface area contributed by atoms with E-state index in [2.05, 4.69) is 15.6 Å². The molecule has 0 spiro atoms. The first kappa shape index (κ1) is 17.7. The second-order valence-electron chi connectivity index (χ2n) is 7.17. The molecular weight excluding hydrogens is 343 g/mol. The number of fused-ring (bicyclic) bond motifs is 1. The predicted octanol–water partition coefficient (Wildman–Crippen LogP) is 3.63. The molecule has 6 heteroatoms. The molecule has 2 aromatic carbocycles. The number of carbonyl (C=O) groups excluding carboxylic acids is 1. The van der Waals surface area contributed by atoms with Gasteiger partial charge in [-0.1, -0.05) is 0 Å². The summed E-state index contributed by atoms with van der Waals surface area (Å²) in [5, 5.41) is 6.34. The van der Waals surface area contributed by atoms with Gasteiger partial charge in [0.15, 0.2) is 0 Å². The van der Waals surface area contributed by atoms with Crippen LogP contribution in [0.15, 0.2) is 36.4 Å². The number of anilines is 1. The Kier molecular flexibility index (Phi) is 4.66. The van der Waals surface area contributed by atoms with Crippen molar-refractivity contribution in [3.05, 3.63) is 47.8 Å². The molecule has 2 N–H and O–H groups in total. The van der Waals surface area contributed by atoms with Gasteiger partial charge in [0.1, 0.15) is 11.6 Å². The molecule has 1 amide bonds. The minimum Gasteiger partial charge on any atom is -0.327 e. The average molecular weight is 366 g/mol. The Bertz CT molecular complexity index is 1000. The molecule has 0 aliphatic carbocycles. The lowest BCUT2D eigenvalue weighted by atomic mass is 9.97. The number of benzene rings is 2. The van der Waals surface area contributed by atoms with Crippen LogP contribution >= 0.6 is 0 Å². The number of halogens is 1. The summed E-state index contributed by atoms with van der Waals surface area (Å²) in [6.07, 6.45) is 1.75. The largest absolute Gasteiger partial charge is 0.327 e. The van der Waals surface area contributed by atoms with Crippen LogP contribution in [0.25, 0.3) is 22.4 Å². The lowest BCUT2D eigenvalue weighted by Gasteiger charge is -2.22. The topological polar surface area (TPSA) is 59.0 Å². The van der Waals surface area contributed by atoms with Crippen molar-refractivity contribution in [3.63, 3.8) is 0 Å². The molecule has 27 heavy (non-hydrogen) atoms. The van der Waals surface area contributed by atoms with Gasteiger partial charge in [-0.3, -0.25) is 4.79 Å². The summed E-state index contributed by atoms with van der Waals surface area (Å²) in [6.45, 7) is 3.76. The van der Waals surface area contributed by atoms with Gasteiger partial charge in [-0.25, -0.2) is 9.37 Å². The average Bonchev–Trinajstić information content (AvgIpc) is 3.00. The van der Waals surface area contributed by atoms with E-state index in [4.69, 9.17) is 0 Å². The van der Waals surface area contributed by atoms with Gasteiger partial charge >= 0.3 is 0 Å². The van der Waals surface area contributed by atoms with E-state index in [0.29, 0.717) is 5.52 Å². The molecule has 1 fully saturated rings. The van der Waals surface area contributed by atoms with Crippen LogP contribution in [0.2, 0.25) is 0 Å². The van der Waals surface area contributed by atoms with E-state index >= 15 is 0 Å². The van der Waals surface area contributed by atoms with Gasteiger partial charge in [-0.05, 0) is 68.8 Å². The third-order valence-corrected chi connectivity index (χ3v) is 5.30. The Morgan fingerprint density at radius 2 is 2.00 bits per heavy atom. The van der Waals surface area contributed by atoms with Crippen molar-refractivity contribution in [1.29, 1.82) is 0 Å². The normalized spacial score (nSPS) is 15.2. The lowest BCUT2D eigenvalue weighted by Crippen LogP contribution is -2.34. The molecule has 0 atom stereocenters. The Hall–Kier alpha value is -2.73. The third-order valence-electron chi connectivity index (χ3n) is 5.30. The van der Waals surface area contributed by atoms with Gasteiger partial charge in [0.2, 0.25) is 5.91 Å².